The fourth-order valence-electron chi connectivity index (χ4n) is 2.55. The molecule has 2 heterocycles. The van der Waals surface area contributed by atoms with Gasteiger partial charge in [-0.1, -0.05) is 18.2 Å². The Morgan fingerprint density at radius 1 is 1.33 bits per heavy atom. The van der Waals surface area contributed by atoms with Crippen LogP contribution in [0.5, 0.6) is 0 Å². The lowest BCUT2D eigenvalue weighted by Crippen LogP contribution is -2.28. The lowest BCUT2D eigenvalue weighted by atomic mass is 10.2. The molecule has 0 saturated carbocycles. The number of likely N-dealkylation sites (tertiary alicyclic amines) is 1. The van der Waals surface area contributed by atoms with E-state index in [1.54, 1.807) is 21.6 Å². The van der Waals surface area contributed by atoms with Gasteiger partial charge in [0.1, 0.15) is 6.20 Å². The molecule has 1 unspecified atom stereocenters. The lowest BCUT2D eigenvalue weighted by molar-refractivity contribution is -0.389. The van der Waals surface area contributed by atoms with E-state index in [1.807, 2.05) is 18.2 Å². The van der Waals surface area contributed by atoms with Crippen LogP contribution in [-0.2, 0) is 0 Å². The van der Waals surface area contributed by atoms with Crippen LogP contribution in [0.1, 0.15) is 22.8 Å². The monoisotopic (exact) mass is 286 g/mol. The maximum absolute atomic E-state index is 12.3. The van der Waals surface area contributed by atoms with Gasteiger partial charge in [0.2, 0.25) is 6.33 Å². The van der Waals surface area contributed by atoms with Crippen molar-refractivity contribution in [2.75, 3.05) is 13.1 Å². The van der Waals surface area contributed by atoms with Crippen LogP contribution in [0.3, 0.4) is 0 Å². The third kappa shape index (κ3) is 2.62. The van der Waals surface area contributed by atoms with Gasteiger partial charge in [-0.15, -0.1) is 0 Å². The number of aromatic nitrogens is 2. The Bertz CT molecular complexity index is 668. The molecule has 0 radical (unpaired) electrons. The highest BCUT2D eigenvalue weighted by atomic mass is 16.6. The van der Waals surface area contributed by atoms with Crippen molar-refractivity contribution in [1.82, 2.24) is 14.5 Å². The Morgan fingerprint density at radius 2 is 2.10 bits per heavy atom. The Balaban J connectivity index is 1.70. The largest absolute Gasteiger partial charge is 0.381 e. The van der Waals surface area contributed by atoms with Crippen LogP contribution >= 0.6 is 0 Å². The summed E-state index contributed by atoms with van der Waals surface area (Å²) in [5, 5.41) is 10.7. The standard InChI is InChI=1S/C14H14N4O3/c19-14(11-4-2-1-3-5-11)16-7-6-12(8-16)17-9-13(15-10-17)18(20)21/h1-5,9-10,12H,6-8H2. The third-order valence-electron chi connectivity index (χ3n) is 3.67. The van der Waals surface area contributed by atoms with Gasteiger partial charge >= 0.3 is 5.82 Å². The minimum absolute atomic E-state index is 0.00675. The van der Waals surface area contributed by atoms with E-state index in [0.29, 0.717) is 18.7 Å². The molecular weight excluding hydrogens is 272 g/mol. The first-order valence-electron chi connectivity index (χ1n) is 6.67. The maximum Gasteiger partial charge on any atom is 0.381 e. The Labute approximate surface area is 121 Å². The van der Waals surface area contributed by atoms with E-state index >= 15 is 0 Å². The molecule has 2 aromatic rings. The zero-order valence-electron chi connectivity index (χ0n) is 11.3. The SMILES string of the molecule is O=C(c1ccccc1)N1CCC(n2cnc([N+](=O)[O-])c2)C1. The molecule has 1 amide bonds. The van der Waals surface area contributed by atoms with Crippen LogP contribution < -0.4 is 0 Å². The van der Waals surface area contributed by atoms with Gasteiger partial charge in [0.15, 0.2) is 0 Å². The number of carbonyl (C=O) groups is 1. The predicted molar refractivity (Wildman–Crippen MR) is 74.9 cm³/mol. The summed E-state index contributed by atoms with van der Waals surface area (Å²) in [5.74, 6) is -0.171. The minimum Gasteiger partial charge on any atom is -0.358 e. The number of amides is 1. The smallest absolute Gasteiger partial charge is 0.358 e. The molecule has 108 valence electrons. The molecule has 0 spiro atoms. The van der Waals surface area contributed by atoms with E-state index in [4.69, 9.17) is 0 Å². The summed E-state index contributed by atoms with van der Waals surface area (Å²) >= 11 is 0. The number of imidazole rings is 1. The molecule has 1 aliphatic rings. The van der Waals surface area contributed by atoms with E-state index in [0.717, 1.165) is 6.42 Å². The van der Waals surface area contributed by atoms with Crippen molar-refractivity contribution in [3.8, 4) is 0 Å². The van der Waals surface area contributed by atoms with E-state index in [2.05, 4.69) is 4.98 Å². The van der Waals surface area contributed by atoms with Crippen LogP contribution in [0.2, 0.25) is 0 Å². The molecule has 7 heteroatoms. The molecule has 3 rings (SSSR count). The molecular formula is C14H14N4O3. The maximum atomic E-state index is 12.3. The van der Waals surface area contributed by atoms with Crippen LogP contribution in [0.25, 0.3) is 0 Å². The summed E-state index contributed by atoms with van der Waals surface area (Å²) in [7, 11) is 0. The van der Waals surface area contributed by atoms with Gasteiger partial charge in [-0.25, -0.2) is 0 Å². The Hall–Kier alpha value is -2.70. The summed E-state index contributed by atoms with van der Waals surface area (Å²) in [4.78, 5) is 28.0. The molecule has 21 heavy (non-hydrogen) atoms. The quantitative estimate of drug-likeness (QED) is 0.637. The highest BCUT2D eigenvalue weighted by Gasteiger charge is 2.29. The van der Waals surface area contributed by atoms with Crippen molar-refractivity contribution in [3.63, 3.8) is 0 Å². The summed E-state index contributed by atoms with van der Waals surface area (Å²) in [5.41, 5.74) is 0.662. The average Bonchev–Trinajstić information content (AvgIpc) is 3.16. The van der Waals surface area contributed by atoms with Crippen molar-refractivity contribution in [3.05, 3.63) is 58.5 Å². The number of nitrogens with zero attached hydrogens (tertiary/aromatic N) is 4. The van der Waals surface area contributed by atoms with Gasteiger partial charge in [-0.05, 0) is 28.5 Å². The summed E-state index contributed by atoms with van der Waals surface area (Å²) in [6.45, 7) is 1.19. The lowest BCUT2D eigenvalue weighted by Gasteiger charge is -2.16. The van der Waals surface area contributed by atoms with Crippen LogP contribution in [0.15, 0.2) is 42.9 Å². The molecule has 7 nitrogen and oxygen atoms in total. The molecule has 1 aliphatic heterocycles. The van der Waals surface area contributed by atoms with E-state index in [9.17, 15) is 14.9 Å². The molecule has 0 bridgehead atoms. The highest BCUT2D eigenvalue weighted by molar-refractivity contribution is 5.94. The van der Waals surface area contributed by atoms with Gasteiger partial charge < -0.3 is 19.6 Å². The molecule has 0 aliphatic carbocycles. The number of nitro groups is 1. The highest BCUT2D eigenvalue weighted by Crippen LogP contribution is 2.24. The van der Waals surface area contributed by atoms with Crippen LogP contribution in [0.4, 0.5) is 5.82 Å². The topological polar surface area (TPSA) is 81.3 Å². The fraction of sp³-hybridized carbons (Fsp3) is 0.286. The number of rotatable bonds is 3. The molecule has 0 N–H and O–H groups in total. The predicted octanol–water partition coefficient (Wildman–Crippen LogP) is 1.88. The molecule has 1 fully saturated rings. The van der Waals surface area contributed by atoms with Gasteiger partial charge in [0.25, 0.3) is 5.91 Å². The fourth-order valence-corrected chi connectivity index (χ4v) is 2.55. The van der Waals surface area contributed by atoms with E-state index in [-0.39, 0.29) is 17.8 Å². The van der Waals surface area contributed by atoms with Crippen molar-refractivity contribution >= 4 is 11.7 Å². The van der Waals surface area contributed by atoms with Crippen molar-refractivity contribution in [2.24, 2.45) is 0 Å². The minimum atomic E-state index is -0.516. The molecule has 1 atom stereocenters. The first kappa shape index (κ1) is 13.3. The van der Waals surface area contributed by atoms with Gasteiger partial charge in [0.05, 0.1) is 6.04 Å². The normalized spacial score (nSPS) is 17.9. The Morgan fingerprint density at radius 3 is 2.76 bits per heavy atom. The average molecular weight is 286 g/mol. The van der Waals surface area contributed by atoms with E-state index in [1.165, 1.54) is 12.5 Å². The number of hydrogen-bond acceptors (Lipinski definition) is 4. The molecule has 1 aromatic heterocycles. The molecule has 1 aromatic carbocycles. The second-order valence-electron chi connectivity index (χ2n) is 5.00. The van der Waals surface area contributed by atoms with Crippen molar-refractivity contribution in [1.29, 1.82) is 0 Å². The van der Waals surface area contributed by atoms with Crippen LogP contribution in [0, 0.1) is 10.1 Å². The summed E-state index contributed by atoms with van der Waals surface area (Å²) in [6, 6.07) is 9.16. The van der Waals surface area contributed by atoms with Gasteiger partial charge in [-0.3, -0.25) is 4.79 Å². The van der Waals surface area contributed by atoms with E-state index < -0.39 is 4.92 Å². The second kappa shape index (κ2) is 5.35. The molecule has 1 saturated heterocycles. The van der Waals surface area contributed by atoms with Crippen molar-refractivity contribution in [2.45, 2.75) is 12.5 Å². The van der Waals surface area contributed by atoms with Crippen molar-refractivity contribution < 1.29 is 9.72 Å². The number of carbonyl (C=O) groups excluding carboxylic acids is 1. The van der Waals surface area contributed by atoms with Gasteiger partial charge in [0, 0.05) is 18.7 Å². The zero-order valence-corrected chi connectivity index (χ0v) is 11.3. The first-order chi connectivity index (χ1) is 10.1. The third-order valence-corrected chi connectivity index (χ3v) is 3.67. The zero-order chi connectivity index (χ0) is 14.8. The second-order valence-corrected chi connectivity index (χ2v) is 5.00. The Kier molecular flexibility index (Phi) is 3.39. The first-order valence-corrected chi connectivity index (χ1v) is 6.67. The number of hydrogen-bond donors (Lipinski definition) is 0. The summed E-state index contributed by atoms with van der Waals surface area (Å²) in [6.07, 6.45) is 3.65. The van der Waals surface area contributed by atoms with Gasteiger partial charge in [-0.2, -0.15) is 0 Å². The van der Waals surface area contributed by atoms with Crippen LogP contribution in [-0.4, -0.2) is 38.4 Å². The number of benzene rings is 1. The summed E-state index contributed by atoms with van der Waals surface area (Å²) < 4.78 is 1.72.